The summed E-state index contributed by atoms with van der Waals surface area (Å²) in [7, 11) is 0. The fraction of sp³-hybridized carbons (Fsp3) is 0. The molecule has 0 aromatic rings. The van der Waals surface area contributed by atoms with Gasteiger partial charge in [0.05, 0.1) is 0 Å². The van der Waals surface area contributed by atoms with Crippen molar-refractivity contribution in [2.75, 3.05) is 0 Å². The molecule has 0 amide bonds. The summed E-state index contributed by atoms with van der Waals surface area (Å²) in [4.78, 5) is 0. The maximum Gasteiger partial charge on any atom is 4.00 e. The van der Waals surface area contributed by atoms with Crippen LogP contribution in [0.25, 0.3) is 0 Å². The molecule has 0 aromatic heterocycles. The van der Waals surface area contributed by atoms with Gasteiger partial charge in [-0.3, -0.25) is 0 Å². The number of hydrogen-bond acceptors (Lipinski definition) is 8. The molecule has 0 aliphatic rings. The molecule has 13 heteroatoms. The Morgan fingerprint density at radius 1 is 0.538 bits per heavy atom. The molecule has 0 radical (unpaired) electrons. The average Bonchev–Trinajstić information content (AvgIpc) is 1.92. The van der Waals surface area contributed by atoms with Gasteiger partial charge >= 0.3 is 134 Å². The third-order valence-electron chi connectivity index (χ3n) is 0. The van der Waals surface area contributed by atoms with Gasteiger partial charge in [0.25, 0.3) is 0 Å². The van der Waals surface area contributed by atoms with Gasteiger partial charge in [-0.25, -0.2) is 0 Å². The second kappa shape index (κ2) is 60.5. The predicted molar refractivity (Wildman–Crippen MR) is 2.75 cm³/mol. The van der Waals surface area contributed by atoms with Crippen molar-refractivity contribution in [2.24, 2.45) is 0 Å². The molecule has 0 unspecified atom stereocenters. The smallest absolute Gasteiger partial charge is 4.00 e. The van der Waals surface area contributed by atoms with E-state index >= 15 is 0 Å². The van der Waals surface area contributed by atoms with E-state index in [0.717, 1.165) is 0 Å². The Hall–Kier alpha value is 2.88. The summed E-state index contributed by atoms with van der Waals surface area (Å²) in [5.74, 6) is 0. The van der Waals surface area contributed by atoms with Crippen LogP contribution < -0.4 is 14.5 Å². The molecule has 0 aliphatic heterocycles. The van der Waals surface area contributed by atoms with Crippen LogP contribution in [-0.2, 0) is 120 Å². The Morgan fingerprint density at radius 2 is 0.538 bits per heavy atom. The Morgan fingerprint density at radius 3 is 0.538 bits per heavy atom. The predicted octanol–water partition coefficient (Wildman–Crippen LogP) is -5.24. The maximum atomic E-state index is 8.52. The van der Waals surface area contributed by atoms with Gasteiger partial charge in [-0.15, -0.1) is 0 Å². The van der Waals surface area contributed by atoms with Crippen LogP contribution in [0, 0.1) is 0 Å². The van der Waals surface area contributed by atoms with Crippen LogP contribution >= 0.6 is 0 Å². The molecule has 0 atom stereocenters. The summed E-state index contributed by atoms with van der Waals surface area (Å²) in [6, 6.07) is 0. The van der Waals surface area contributed by atoms with Crippen LogP contribution in [0.1, 0.15) is 0 Å². The van der Waals surface area contributed by atoms with E-state index in [0.29, 0.717) is 0 Å². The summed E-state index contributed by atoms with van der Waals surface area (Å²) in [6.45, 7) is 0. The Balaban J connectivity index is -0.0000000213. The standard InChI is InChI=1S/4Nb.8O.Zr/q;;;;;;;;4*-1;+4. The SMILES string of the molecule is [O]=[Nb][O-].[O]=[Nb][O-].[O]=[Nb][O-].[O]=[Nb][O-].[Zr+4]. The summed E-state index contributed by atoms with van der Waals surface area (Å²) in [5.41, 5.74) is 0. The first kappa shape index (κ1) is 29.7. The van der Waals surface area contributed by atoms with Gasteiger partial charge < -0.3 is 0 Å². The second-order valence-corrected chi connectivity index (χ2v) is 1.76. The fourth-order valence-electron chi connectivity index (χ4n) is 0. The van der Waals surface area contributed by atoms with E-state index < -0.39 is 80.5 Å². The third kappa shape index (κ3) is 297. The van der Waals surface area contributed by atoms with Crippen LogP contribution in [-0.4, -0.2) is 0 Å². The minimum absolute atomic E-state index is 0. The van der Waals surface area contributed by atoms with Gasteiger partial charge in [-0.2, -0.15) is 0 Å². The molecule has 72 valence electrons. The normalized spacial score (nSPS) is 4.00. The summed E-state index contributed by atoms with van der Waals surface area (Å²) in [5, 5.41) is 0. The molecule has 0 bridgehead atoms. The zero-order valence-electron chi connectivity index (χ0n) is 5.55. The fourth-order valence-corrected chi connectivity index (χ4v) is 0. The van der Waals surface area contributed by atoms with Crippen LogP contribution in [0.4, 0.5) is 0 Å². The topological polar surface area (TPSA) is 161 Å². The van der Waals surface area contributed by atoms with E-state index in [1.54, 1.807) is 0 Å². The first-order valence-corrected chi connectivity index (χ1v) is 8.64. The first-order chi connectivity index (χ1) is 5.66. The molecule has 0 saturated carbocycles. The molecule has 8 nitrogen and oxygen atoms in total. The van der Waals surface area contributed by atoms with E-state index in [-0.39, 0.29) is 26.2 Å². The van der Waals surface area contributed by atoms with Crippen molar-refractivity contribution in [1.29, 1.82) is 0 Å². The monoisotopic (exact) mass is 589 g/mol. The van der Waals surface area contributed by atoms with Gasteiger partial charge in [0.15, 0.2) is 0 Å². The van der Waals surface area contributed by atoms with E-state index in [2.05, 4.69) is 0 Å². The van der Waals surface area contributed by atoms with Crippen molar-refractivity contribution in [2.45, 2.75) is 0 Å². The Labute approximate surface area is 132 Å². The third-order valence-corrected chi connectivity index (χ3v) is 0. The van der Waals surface area contributed by atoms with Gasteiger partial charge in [0.1, 0.15) is 0 Å². The molecule has 0 heterocycles. The maximum absolute atomic E-state index is 8.52. The molecule has 0 fully saturated rings. The first-order valence-electron chi connectivity index (χ1n) is 1.46. The van der Waals surface area contributed by atoms with Crippen LogP contribution in [0.5, 0.6) is 0 Å². The summed E-state index contributed by atoms with van der Waals surface area (Å²) >= 11 is -8.60. The zero-order valence-corrected chi connectivity index (χ0v) is 16.8. The van der Waals surface area contributed by atoms with E-state index in [9.17, 15) is 0 Å². The van der Waals surface area contributed by atoms with Gasteiger partial charge in [0.2, 0.25) is 0 Å². The zero-order chi connectivity index (χ0) is 10.8. The van der Waals surface area contributed by atoms with Crippen LogP contribution in [0.2, 0.25) is 0 Å². The van der Waals surface area contributed by atoms with Crippen molar-refractivity contribution < 1.29 is 134 Å². The molecule has 0 aromatic carbocycles. The molecular formula is Nb4O8Zr. The van der Waals surface area contributed by atoms with E-state index in [1.807, 2.05) is 0 Å². The molecule has 0 spiro atoms. The molecule has 13 heavy (non-hydrogen) atoms. The molecule has 0 aliphatic carbocycles. The van der Waals surface area contributed by atoms with E-state index in [4.69, 9.17) is 27.5 Å². The molecule has 0 N–H and O–H groups in total. The average molecular weight is 591 g/mol. The largest absolute Gasteiger partial charge is 4.00 e. The summed E-state index contributed by atoms with van der Waals surface area (Å²) < 4.78 is 68.2. The van der Waals surface area contributed by atoms with Crippen molar-refractivity contribution in [3.05, 3.63) is 0 Å². The number of hydrogen-bond donors (Lipinski definition) is 0. The quantitative estimate of drug-likeness (QED) is 0.253. The van der Waals surface area contributed by atoms with Crippen molar-refractivity contribution in [3.8, 4) is 0 Å². The minimum atomic E-state index is -2.15. The van der Waals surface area contributed by atoms with Gasteiger partial charge in [-0.05, 0) is 0 Å². The van der Waals surface area contributed by atoms with Crippen LogP contribution in [0.15, 0.2) is 0 Å². The molecular weight excluding hydrogens is 591 g/mol. The van der Waals surface area contributed by atoms with Crippen LogP contribution in [0.3, 0.4) is 0 Å². The Bertz CT molecular complexity index is 70.1. The molecule has 0 saturated heterocycles. The minimum Gasteiger partial charge on any atom is 4.00 e. The number of rotatable bonds is 0. The Kier molecular flexibility index (Phi) is 138. The van der Waals surface area contributed by atoms with Gasteiger partial charge in [-0.1, -0.05) is 0 Å². The van der Waals surface area contributed by atoms with Gasteiger partial charge in [0, 0.05) is 0 Å². The molecule has 0 rings (SSSR count). The van der Waals surface area contributed by atoms with Crippen molar-refractivity contribution >= 4 is 0 Å². The van der Waals surface area contributed by atoms with Crippen molar-refractivity contribution in [3.63, 3.8) is 0 Å². The van der Waals surface area contributed by atoms with Crippen molar-refractivity contribution in [1.82, 2.24) is 0 Å². The summed E-state index contributed by atoms with van der Waals surface area (Å²) in [6.07, 6.45) is 0. The van der Waals surface area contributed by atoms with E-state index in [1.165, 1.54) is 0 Å². The second-order valence-electron chi connectivity index (χ2n) is 0.298.